The van der Waals surface area contributed by atoms with Gasteiger partial charge in [-0.3, -0.25) is 0 Å². The Kier molecular flexibility index (Phi) is 3.25. The van der Waals surface area contributed by atoms with Crippen LogP contribution in [0.25, 0.3) is 6.08 Å². The molecule has 0 unspecified atom stereocenters. The van der Waals surface area contributed by atoms with Gasteiger partial charge in [-0.25, -0.2) is 9.48 Å². The molecule has 0 aliphatic rings. The maximum atomic E-state index is 10.8. The smallest absolute Gasteiger partial charge is 0.335 e. The third-order valence-corrected chi connectivity index (χ3v) is 2.13. The highest BCUT2D eigenvalue weighted by Gasteiger charge is 2.00. The number of carboxylic acid groups (broad SMARTS) is 1. The van der Waals surface area contributed by atoms with E-state index in [1.54, 1.807) is 22.9 Å². The van der Waals surface area contributed by atoms with Gasteiger partial charge in [-0.2, -0.15) is 0 Å². The minimum atomic E-state index is -0.930. The minimum absolute atomic E-state index is 0.273. The van der Waals surface area contributed by atoms with Gasteiger partial charge in [0.05, 0.1) is 12.1 Å². The highest BCUT2D eigenvalue weighted by molar-refractivity contribution is 5.88. The van der Waals surface area contributed by atoms with Crippen LogP contribution in [0.2, 0.25) is 0 Å². The summed E-state index contributed by atoms with van der Waals surface area (Å²) in [7, 11) is 0. The fourth-order valence-corrected chi connectivity index (χ4v) is 1.34. The standard InChI is InChI=1S/C11H10N4O2/c16-11(17)10-5-1-3-9(7-10)4-2-6-15-8-12-13-14-15/h1-5,7-8H,6H2,(H,16,17)/b4-2+. The van der Waals surface area contributed by atoms with Crippen molar-refractivity contribution in [2.45, 2.75) is 6.54 Å². The van der Waals surface area contributed by atoms with E-state index in [-0.39, 0.29) is 5.56 Å². The number of aromatic nitrogens is 4. The van der Waals surface area contributed by atoms with Crippen molar-refractivity contribution in [3.05, 3.63) is 47.8 Å². The van der Waals surface area contributed by atoms with Gasteiger partial charge < -0.3 is 5.11 Å². The number of aromatic carboxylic acids is 1. The topological polar surface area (TPSA) is 80.9 Å². The molecule has 0 atom stereocenters. The van der Waals surface area contributed by atoms with Gasteiger partial charge in [0.1, 0.15) is 6.33 Å². The lowest BCUT2D eigenvalue weighted by molar-refractivity contribution is 0.0697. The lowest BCUT2D eigenvalue weighted by atomic mass is 10.1. The normalized spacial score (nSPS) is 10.8. The second-order valence-electron chi connectivity index (χ2n) is 3.36. The van der Waals surface area contributed by atoms with Gasteiger partial charge in [0.2, 0.25) is 0 Å². The fourth-order valence-electron chi connectivity index (χ4n) is 1.34. The summed E-state index contributed by atoms with van der Waals surface area (Å²) < 4.78 is 1.57. The molecule has 1 heterocycles. The van der Waals surface area contributed by atoms with Crippen LogP contribution in [0.5, 0.6) is 0 Å². The SMILES string of the molecule is O=C(O)c1cccc(/C=C/Cn2cnnn2)c1. The quantitative estimate of drug-likeness (QED) is 0.850. The lowest BCUT2D eigenvalue weighted by Gasteiger charge is -1.96. The van der Waals surface area contributed by atoms with Gasteiger partial charge in [0, 0.05) is 0 Å². The minimum Gasteiger partial charge on any atom is -0.478 e. The summed E-state index contributed by atoms with van der Waals surface area (Å²) in [6.45, 7) is 0.546. The largest absolute Gasteiger partial charge is 0.478 e. The molecule has 2 aromatic rings. The third kappa shape index (κ3) is 2.97. The van der Waals surface area contributed by atoms with Crippen LogP contribution in [0, 0.1) is 0 Å². The summed E-state index contributed by atoms with van der Waals surface area (Å²) in [4.78, 5) is 10.8. The van der Waals surface area contributed by atoms with Crippen molar-refractivity contribution in [2.24, 2.45) is 0 Å². The second-order valence-corrected chi connectivity index (χ2v) is 3.36. The number of carbonyl (C=O) groups is 1. The molecule has 0 bridgehead atoms. The Morgan fingerprint density at radius 1 is 1.47 bits per heavy atom. The van der Waals surface area contributed by atoms with Crippen molar-refractivity contribution in [1.82, 2.24) is 20.2 Å². The number of tetrazole rings is 1. The predicted molar refractivity (Wildman–Crippen MR) is 60.3 cm³/mol. The second kappa shape index (κ2) is 5.02. The number of carboxylic acids is 1. The van der Waals surface area contributed by atoms with Crippen LogP contribution < -0.4 is 0 Å². The Balaban J connectivity index is 2.05. The van der Waals surface area contributed by atoms with E-state index in [1.807, 2.05) is 18.2 Å². The van der Waals surface area contributed by atoms with E-state index < -0.39 is 5.97 Å². The molecule has 1 aromatic carbocycles. The zero-order chi connectivity index (χ0) is 12.1. The Bertz CT molecular complexity index is 534. The molecule has 0 amide bonds. The molecule has 17 heavy (non-hydrogen) atoms. The zero-order valence-corrected chi connectivity index (χ0v) is 8.89. The molecule has 0 radical (unpaired) electrons. The molecule has 0 spiro atoms. The van der Waals surface area contributed by atoms with Gasteiger partial charge in [-0.1, -0.05) is 24.3 Å². The van der Waals surface area contributed by atoms with Crippen LogP contribution in [0.3, 0.4) is 0 Å². The van der Waals surface area contributed by atoms with E-state index in [4.69, 9.17) is 5.11 Å². The third-order valence-electron chi connectivity index (χ3n) is 2.13. The number of nitrogens with zero attached hydrogens (tertiary/aromatic N) is 4. The summed E-state index contributed by atoms with van der Waals surface area (Å²) in [5, 5.41) is 19.5. The number of benzene rings is 1. The predicted octanol–water partition coefficient (Wildman–Crippen LogP) is 1.08. The van der Waals surface area contributed by atoms with E-state index in [9.17, 15) is 4.79 Å². The molecule has 0 fully saturated rings. The molecule has 6 nitrogen and oxygen atoms in total. The molecular weight excluding hydrogens is 220 g/mol. The maximum Gasteiger partial charge on any atom is 0.335 e. The molecular formula is C11H10N4O2. The number of allylic oxidation sites excluding steroid dienone is 1. The van der Waals surface area contributed by atoms with Gasteiger partial charge in [-0.05, 0) is 28.1 Å². The summed E-state index contributed by atoms with van der Waals surface area (Å²) in [5.41, 5.74) is 1.10. The van der Waals surface area contributed by atoms with Crippen LogP contribution >= 0.6 is 0 Å². The van der Waals surface area contributed by atoms with Crippen LogP contribution in [-0.4, -0.2) is 31.3 Å². The number of hydrogen-bond donors (Lipinski definition) is 1. The first-order chi connectivity index (χ1) is 8.25. The van der Waals surface area contributed by atoms with Gasteiger partial charge in [-0.15, -0.1) is 5.10 Å². The summed E-state index contributed by atoms with van der Waals surface area (Å²) >= 11 is 0. The summed E-state index contributed by atoms with van der Waals surface area (Å²) in [5.74, 6) is -0.930. The number of rotatable bonds is 4. The maximum absolute atomic E-state index is 10.8. The molecule has 2 rings (SSSR count). The van der Waals surface area contributed by atoms with Gasteiger partial charge in [0.25, 0.3) is 0 Å². The first-order valence-corrected chi connectivity index (χ1v) is 4.96. The van der Waals surface area contributed by atoms with E-state index in [1.165, 1.54) is 6.33 Å². The summed E-state index contributed by atoms with van der Waals surface area (Å²) in [6, 6.07) is 6.71. The Morgan fingerprint density at radius 3 is 3.06 bits per heavy atom. The molecule has 0 aliphatic heterocycles. The van der Waals surface area contributed by atoms with E-state index >= 15 is 0 Å². The molecule has 0 saturated heterocycles. The fraction of sp³-hybridized carbons (Fsp3) is 0.0909. The average Bonchev–Trinajstić information content (AvgIpc) is 2.82. The van der Waals surface area contributed by atoms with Gasteiger partial charge in [0.15, 0.2) is 0 Å². The monoisotopic (exact) mass is 230 g/mol. The first-order valence-electron chi connectivity index (χ1n) is 4.96. The lowest BCUT2D eigenvalue weighted by Crippen LogP contribution is -1.96. The first kappa shape index (κ1) is 11.0. The van der Waals surface area contributed by atoms with Gasteiger partial charge >= 0.3 is 5.97 Å². The van der Waals surface area contributed by atoms with Crippen LogP contribution in [-0.2, 0) is 6.54 Å². The molecule has 0 saturated carbocycles. The van der Waals surface area contributed by atoms with E-state index in [2.05, 4.69) is 15.5 Å². The molecule has 1 N–H and O–H groups in total. The van der Waals surface area contributed by atoms with Crippen LogP contribution in [0.15, 0.2) is 36.7 Å². The van der Waals surface area contributed by atoms with E-state index in [0.29, 0.717) is 6.54 Å². The highest BCUT2D eigenvalue weighted by Crippen LogP contribution is 2.07. The highest BCUT2D eigenvalue weighted by atomic mass is 16.4. The van der Waals surface area contributed by atoms with Crippen molar-refractivity contribution in [3.8, 4) is 0 Å². The average molecular weight is 230 g/mol. The van der Waals surface area contributed by atoms with Crippen molar-refractivity contribution in [1.29, 1.82) is 0 Å². The van der Waals surface area contributed by atoms with Crippen molar-refractivity contribution >= 4 is 12.0 Å². The molecule has 86 valence electrons. The van der Waals surface area contributed by atoms with Crippen LogP contribution in [0.1, 0.15) is 15.9 Å². The Hall–Kier alpha value is -2.50. The molecule has 0 aliphatic carbocycles. The Morgan fingerprint density at radius 2 is 2.35 bits per heavy atom. The van der Waals surface area contributed by atoms with Crippen molar-refractivity contribution in [2.75, 3.05) is 0 Å². The van der Waals surface area contributed by atoms with Crippen LogP contribution in [0.4, 0.5) is 0 Å². The van der Waals surface area contributed by atoms with E-state index in [0.717, 1.165) is 5.56 Å². The Labute approximate surface area is 97.2 Å². The number of hydrogen-bond acceptors (Lipinski definition) is 4. The van der Waals surface area contributed by atoms with Crippen molar-refractivity contribution < 1.29 is 9.90 Å². The molecule has 6 heteroatoms. The van der Waals surface area contributed by atoms with Crippen molar-refractivity contribution in [3.63, 3.8) is 0 Å². The molecule has 1 aromatic heterocycles. The zero-order valence-electron chi connectivity index (χ0n) is 8.89. The summed E-state index contributed by atoms with van der Waals surface area (Å²) in [6.07, 6.45) is 5.20.